The number of nitrogens with zero attached hydrogens (tertiary/aromatic N) is 1. The highest BCUT2D eigenvalue weighted by Gasteiger charge is 2.57. The van der Waals surface area contributed by atoms with E-state index in [9.17, 15) is 5.11 Å². The Kier molecular flexibility index (Phi) is 3.32. The van der Waals surface area contributed by atoms with Crippen molar-refractivity contribution in [3.63, 3.8) is 0 Å². The Morgan fingerprint density at radius 1 is 1.19 bits per heavy atom. The predicted molar refractivity (Wildman–Crippen MR) is 82.0 cm³/mol. The van der Waals surface area contributed by atoms with Gasteiger partial charge < -0.3 is 9.84 Å². The molecule has 1 aromatic carbocycles. The quantitative estimate of drug-likeness (QED) is 0.923. The molecule has 2 atom stereocenters. The maximum Gasteiger partial charge on any atom is 0.0579 e. The second kappa shape index (κ2) is 5.08. The van der Waals surface area contributed by atoms with Gasteiger partial charge in [-0.2, -0.15) is 0 Å². The molecule has 1 saturated carbocycles. The Hall–Kier alpha value is -0.900. The zero-order valence-corrected chi connectivity index (χ0v) is 12.6. The van der Waals surface area contributed by atoms with Crippen molar-refractivity contribution >= 4 is 0 Å². The van der Waals surface area contributed by atoms with E-state index in [4.69, 9.17) is 4.74 Å². The normalized spacial score (nSPS) is 34.6. The number of hydrogen-bond acceptors (Lipinski definition) is 3. The Labute approximate surface area is 126 Å². The van der Waals surface area contributed by atoms with E-state index in [-0.39, 0.29) is 17.6 Å². The van der Waals surface area contributed by atoms with Crippen molar-refractivity contribution in [1.29, 1.82) is 0 Å². The van der Waals surface area contributed by atoms with Crippen LogP contribution in [0, 0.1) is 11.3 Å². The summed E-state index contributed by atoms with van der Waals surface area (Å²) in [4.78, 5) is 2.64. The Balaban J connectivity index is 1.62. The standard InChI is InChI=1S/C18H25NO2/c20-12-17(13-21-14-17)11-19-10-16-8-4-5-9-18(16,19)15-6-2-1-3-7-15/h1-3,6-7,16,20H,4-5,8-14H2. The first-order chi connectivity index (χ1) is 10.3. The summed E-state index contributed by atoms with van der Waals surface area (Å²) in [6, 6.07) is 11.0. The number of hydrogen-bond donors (Lipinski definition) is 1. The lowest BCUT2D eigenvalue weighted by Gasteiger charge is -2.64. The third kappa shape index (κ3) is 1.98. The van der Waals surface area contributed by atoms with E-state index in [1.165, 1.54) is 37.8 Å². The molecule has 1 N–H and O–H groups in total. The molecule has 1 aliphatic carbocycles. The van der Waals surface area contributed by atoms with Crippen LogP contribution in [0.25, 0.3) is 0 Å². The number of fused-ring (bicyclic) bond motifs is 1. The van der Waals surface area contributed by atoms with Crippen molar-refractivity contribution in [2.24, 2.45) is 11.3 Å². The summed E-state index contributed by atoms with van der Waals surface area (Å²) in [7, 11) is 0. The van der Waals surface area contributed by atoms with E-state index in [0.717, 1.165) is 25.7 Å². The third-order valence-electron chi connectivity index (χ3n) is 5.99. The number of likely N-dealkylation sites (tertiary alicyclic amines) is 1. The summed E-state index contributed by atoms with van der Waals surface area (Å²) in [6.45, 7) is 3.86. The molecular weight excluding hydrogens is 262 g/mol. The summed E-state index contributed by atoms with van der Waals surface area (Å²) < 4.78 is 5.39. The Morgan fingerprint density at radius 3 is 2.62 bits per heavy atom. The fourth-order valence-corrected chi connectivity index (χ4v) is 4.73. The molecule has 21 heavy (non-hydrogen) atoms. The molecule has 0 radical (unpaired) electrons. The van der Waals surface area contributed by atoms with Crippen LogP contribution in [-0.2, 0) is 10.3 Å². The first-order valence-corrected chi connectivity index (χ1v) is 8.28. The highest BCUT2D eigenvalue weighted by atomic mass is 16.5. The van der Waals surface area contributed by atoms with Gasteiger partial charge in [-0.15, -0.1) is 0 Å². The largest absolute Gasteiger partial charge is 0.396 e. The molecule has 0 bridgehead atoms. The summed E-state index contributed by atoms with van der Waals surface area (Å²) >= 11 is 0. The van der Waals surface area contributed by atoms with Gasteiger partial charge in [0, 0.05) is 13.1 Å². The van der Waals surface area contributed by atoms with Gasteiger partial charge in [0.05, 0.1) is 30.8 Å². The molecule has 2 heterocycles. The summed E-state index contributed by atoms with van der Waals surface area (Å²) in [5.41, 5.74) is 1.70. The minimum absolute atomic E-state index is 0.00972. The van der Waals surface area contributed by atoms with Crippen LogP contribution < -0.4 is 0 Å². The van der Waals surface area contributed by atoms with Crippen LogP contribution in [0.1, 0.15) is 31.2 Å². The molecule has 0 spiro atoms. The molecule has 0 amide bonds. The zero-order valence-electron chi connectivity index (χ0n) is 12.6. The molecule has 1 aromatic rings. The first-order valence-electron chi connectivity index (χ1n) is 8.28. The van der Waals surface area contributed by atoms with Gasteiger partial charge in [-0.05, 0) is 24.3 Å². The van der Waals surface area contributed by atoms with Gasteiger partial charge in [0.1, 0.15) is 0 Å². The van der Waals surface area contributed by atoms with Crippen LogP contribution >= 0.6 is 0 Å². The van der Waals surface area contributed by atoms with Gasteiger partial charge in [-0.3, -0.25) is 4.90 Å². The smallest absolute Gasteiger partial charge is 0.0579 e. The fraction of sp³-hybridized carbons (Fsp3) is 0.667. The molecule has 2 unspecified atom stereocenters. The van der Waals surface area contributed by atoms with Crippen molar-refractivity contribution < 1.29 is 9.84 Å². The molecular formula is C18H25NO2. The molecule has 2 saturated heterocycles. The molecule has 3 fully saturated rings. The van der Waals surface area contributed by atoms with Crippen LogP contribution in [0.15, 0.2) is 30.3 Å². The van der Waals surface area contributed by atoms with Crippen molar-refractivity contribution in [2.45, 2.75) is 31.2 Å². The van der Waals surface area contributed by atoms with Gasteiger partial charge in [0.15, 0.2) is 0 Å². The highest BCUT2D eigenvalue weighted by molar-refractivity contribution is 5.30. The predicted octanol–water partition coefficient (Wildman–Crippen LogP) is 2.40. The van der Waals surface area contributed by atoms with Crippen LogP contribution in [0.4, 0.5) is 0 Å². The van der Waals surface area contributed by atoms with Crippen LogP contribution in [0.5, 0.6) is 0 Å². The average molecular weight is 287 g/mol. The Bertz CT molecular complexity index is 494. The minimum atomic E-state index is -0.00972. The number of aliphatic hydroxyl groups is 1. The lowest BCUT2D eigenvalue weighted by Crippen LogP contribution is -2.69. The number of rotatable bonds is 4. The number of ether oxygens (including phenoxy) is 1. The lowest BCUT2D eigenvalue weighted by atomic mass is 9.61. The maximum atomic E-state index is 9.75. The van der Waals surface area contributed by atoms with E-state index in [1.807, 2.05) is 0 Å². The number of aliphatic hydroxyl groups excluding tert-OH is 1. The van der Waals surface area contributed by atoms with E-state index in [0.29, 0.717) is 0 Å². The van der Waals surface area contributed by atoms with Gasteiger partial charge in [-0.1, -0.05) is 43.2 Å². The minimum Gasteiger partial charge on any atom is -0.396 e. The van der Waals surface area contributed by atoms with Gasteiger partial charge >= 0.3 is 0 Å². The molecule has 3 nitrogen and oxygen atoms in total. The summed E-state index contributed by atoms with van der Waals surface area (Å²) in [6.07, 6.45) is 5.32. The van der Waals surface area contributed by atoms with E-state index in [1.54, 1.807) is 0 Å². The van der Waals surface area contributed by atoms with E-state index < -0.39 is 0 Å². The summed E-state index contributed by atoms with van der Waals surface area (Å²) in [5.74, 6) is 0.797. The SMILES string of the molecule is OCC1(CN2CC3CCCCC32c2ccccc2)COC1. The van der Waals surface area contributed by atoms with E-state index >= 15 is 0 Å². The monoisotopic (exact) mass is 287 g/mol. The molecule has 114 valence electrons. The Morgan fingerprint density at radius 2 is 2.00 bits per heavy atom. The molecule has 0 aromatic heterocycles. The molecule has 3 aliphatic rings. The third-order valence-corrected chi connectivity index (χ3v) is 5.99. The van der Waals surface area contributed by atoms with Crippen molar-refractivity contribution in [3.05, 3.63) is 35.9 Å². The maximum absolute atomic E-state index is 9.75. The topological polar surface area (TPSA) is 32.7 Å². The van der Waals surface area contributed by atoms with Gasteiger partial charge in [0.2, 0.25) is 0 Å². The summed E-state index contributed by atoms with van der Waals surface area (Å²) in [5, 5.41) is 9.75. The van der Waals surface area contributed by atoms with E-state index in [2.05, 4.69) is 35.2 Å². The van der Waals surface area contributed by atoms with Gasteiger partial charge in [0.25, 0.3) is 0 Å². The van der Waals surface area contributed by atoms with Crippen LogP contribution in [0.2, 0.25) is 0 Å². The molecule has 3 heteroatoms. The van der Waals surface area contributed by atoms with Gasteiger partial charge in [-0.25, -0.2) is 0 Å². The van der Waals surface area contributed by atoms with Crippen LogP contribution in [-0.4, -0.2) is 42.9 Å². The first kappa shape index (κ1) is 13.7. The van der Waals surface area contributed by atoms with Crippen molar-refractivity contribution in [3.8, 4) is 0 Å². The lowest BCUT2D eigenvalue weighted by molar-refractivity contribution is -0.197. The zero-order chi connectivity index (χ0) is 14.3. The molecule has 2 aliphatic heterocycles. The average Bonchev–Trinajstić information content (AvgIpc) is 2.48. The second-order valence-electron chi connectivity index (χ2n) is 7.26. The number of benzene rings is 1. The van der Waals surface area contributed by atoms with Crippen molar-refractivity contribution in [2.75, 3.05) is 32.9 Å². The second-order valence-corrected chi connectivity index (χ2v) is 7.26. The highest BCUT2D eigenvalue weighted by Crippen LogP contribution is 2.54. The fourth-order valence-electron chi connectivity index (χ4n) is 4.73. The van der Waals surface area contributed by atoms with Crippen molar-refractivity contribution in [1.82, 2.24) is 4.90 Å². The van der Waals surface area contributed by atoms with Crippen LogP contribution in [0.3, 0.4) is 0 Å². The molecule has 4 rings (SSSR count).